The highest BCUT2D eigenvalue weighted by Gasteiger charge is 2.15. The number of halogens is 2. The van der Waals surface area contributed by atoms with Crippen LogP contribution in [0.2, 0.25) is 5.02 Å². The van der Waals surface area contributed by atoms with Crippen LogP contribution in [0.5, 0.6) is 5.75 Å². The number of methoxy groups -OCH3 is 1. The molecule has 2 aromatic rings. The molecule has 0 aliphatic heterocycles. The molecule has 0 atom stereocenters. The van der Waals surface area contributed by atoms with Gasteiger partial charge in [0.15, 0.2) is 5.84 Å². The van der Waals surface area contributed by atoms with Crippen LogP contribution in [0.3, 0.4) is 0 Å². The van der Waals surface area contributed by atoms with Crippen LogP contribution in [0.15, 0.2) is 52.1 Å². The van der Waals surface area contributed by atoms with Gasteiger partial charge in [0.1, 0.15) is 11.3 Å². The average Bonchev–Trinajstić information content (AvgIpc) is 2.52. The van der Waals surface area contributed by atoms with Crippen LogP contribution in [0, 0.1) is 0 Å². The molecular weight excluding hydrogens is 372 g/mol. The Morgan fingerprint density at radius 3 is 2.73 bits per heavy atom. The van der Waals surface area contributed by atoms with Gasteiger partial charge >= 0.3 is 5.97 Å². The van der Waals surface area contributed by atoms with E-state index in [1.54, 1.807) is 30.3 Å². The Kier molecular flexibility index (Phi) is 5.41. The second-order valence-electron chi connectivity index (χ2n) is 4.21. The lowest BCUT2D eigenvalue weighted by atomic mass is 10.2. The minimum absolute atomic E-state index is 0.0793. The fraction of sp³-hybridized carbons (Fsp3) is 0.0667. The molecule has 0 bridgehead atoms. The first kappa shape index (κ1) is 16.3. The number of nitrogens with zero attached hydrogens (tertiary/aromatic N) is 1. The van der Waals surface area contributed by atoms with E-state index < -0.39 is 5.97 Å². The summed E-state index contributed by atoms with van der Waals surface area (Å²) in [4.78, 5) is 16.9. The molecule has 2 rings (SSSR count). The van der Waals surface area contributed by atoms with Crippen LogP contribution in [0.1, 0.15) is 15.9 Å². The molecule has 0 spiro atoms. The third kappa shape index (κ3) is 3.99. The van der Waals surface area contributed by atoms with Gasteiger partial charge in [0.2, 0.25) is 0 Å². The van der Waals surface area contributed by atoms with Crippen molar-refractivity contribution in [1.29, 1.82) is 0 Å². The fourth-order valence-corrected chi connectivity index (χ4v) is 2.25. The van der Waals surface area contributed by atoms with Crippen LogP contribution in [0.4, 0.5) is 0 Å². The molecule has 5 nitrogen and oxygen atoms in total. The summed E-state index contributed by atoms with van der Waals surface area (Å²) in [6, 6.07) is 11.8. The summed E-state index contributed by atoms with van der Waals surface area (Å²) in [7, 11) is 1.44. The van der Waals surface area contributed by atoms with Crippen LogP contribution >= 0.6 is 27.5 Å². The maximum absolute atomic E-state index is 12.0. The van der Waals surface area contributed by atoms with Gasteiger partial charge in [-0.1, -0.05) is 44.8 Å². The minimum atomic E-state index is -0.711. The number of ether oxygens (including phenoxy) is 1. The second kappa shape index (κ2) is 7.29. The van der Waals surface area contributed by atoms with Gasteiger partial charge < -0.3 is 15.3 Å². The van der Waals surface area contributed by atoms with Crippen molar-refractivity contribution in [1.82, 2.24) is 0 Å². The van der Waals surface area contributed by atoms with Gasteiger partial charge in [-0.2, -0.15) is 0 Å². The number of rotatable bonds is 4. The van der Waals surface area contributed by atoms with Crippen molar-refractivity contribution >= 4 is 39.3 Å². The van der Waals surface area contributed by atoms with Crippen molar-refractivity contribution in [3.05, 3.63) is 63.1 Å². The summed E-state index contributed by atoms with van der Waals surface area (Å²) >= 11 is 9.19. The Hall–Kier alpha value is -2.05. The summed E-state index contributed by atoms with van der Waals surface area (Å²) < 4.78 is 5.92. The molecule has 0 unspecified atom stereocenters. The molecule has 0 radical (unpaired) electrons. The van der Waals surface area contributed by atoms with E-state index in [2.05, 4.69) is 21.1 Å². The third-order valence-corrected chi connectivity index (χ3v) is 3.46. The monoisotopic (exact) mass is 382 g/mol. The van der Waals surface area contributed by atoms with Crippen molar-refractivity contribution in [2.75, 3.05) is 7.11 Å². The van der Waals surface area contributed by atoms with E-state index in [0.29, 0.717) is 16.3 Å². The lowest BCUT2D eigenvalue weighted by Crippen LogP contribution is -2.15. The van der Waals surface area contributed by atoms with Crippen molar-refractivity contribution in [3.63, 3.8) is 0 Å². The molecule has 0 heterocycles. The van der Waals surface area contributed by atoms with Crippen molar-refractivity contribution in [2.24, 2.45) is 10.9 Å². The zero-order chi connectivity index (χ0) is 16.1. The standard InChI is InChI=1S/C15H12BrClN2O3/c1-21-13-6-5-11(17)8-12(13)15(20)22-19-14(18)9-3-2-4-10(16)7-9/h2-8H,1H3,(H2,18,19). The van der Waals surface area contributed by atoms with Crippen LogP contribution < -0.4 is 10.5 Å². The van der Waals surface area contributed by atoms with Gasteiger partial charge in [-0.25, -0.2) is 4.79 Å². The largest absolute Gasteiger partial charge is 0.496 e. The Morgan fingerprint density at radius 1 is 1.27 bits per heavy atom. The maximum atomic E-state index is 12.0. The number of oxime groups is 1. The van der Waals surface area contributed by atoms with E-state index in [1.165, 1.54) is 13.2 Å². The Bertz CT molecular complexity index is 734. The number of carbonyl (C=O) groups is 1. The van der Waals surface area contributed by atoms with Gasteiger partial charge in [0.05, 0.1) is 7.11 Å². The molecule has 0 aliphatic rings. The summed E-state index contributed by atoms with van der Waals surface area (Å²) in [5.41, 5.74) is 6.58. The van der Waals surface area contributed by atoms with Gasteiger partial charge in [-0.05, 0) is 30.3 Å². The second-order valence-corrected chi connectivity index (χ2v) is 5.56. The molecule has 0 saturated heterocycles. The molecule has 2 N–H and O–H groups in total. The van der Waals surface area contributed by atoms with E-state index in [1.807, 2.05) is 6.07 Å². The number of hydrogen-bond acceptors (Lipinski definition) is 4. The van der Waals surface area contributed by atoms with Gasteiger partial charge in [-0.15, -0.1) is 0 Å². The van der Waals surface area contributed by atoms with Crippen LogP contribution in [0.25, 0.3) is 0 Å². The maximum Gasteiger partial charge on any atom is 0.369 e. The first-order chi connectivity index (χ1) is 10.5. The molecule has 0 aromatic heterocycles. The molecule has 0 fully saturated rings. The van der Waals surface area contributed by atoms with Crippen LogP contribution in [-0.4, -0.2) is 18.9 Å². The number of nitrogens with two attached hydrogens (primary N) is 1. The normalized spacial score (nSPS) is 11.1. The van der Waals surface area contributed by atoms with Crippen LogP contribution in [-0.2, 0) is 4.84 Å². The smallest absolute Gasteiger partial charge is 0.369 e. The number of carbonyl (C=O) groups excluding carboxylic acids is 1. The third-order valence-electron chi connectivity index (χ3n) is 2.73. The number of hydrogen-bond donors (Lipinski definition) is 1. The number of benzene rings is 2. The van der Waals surface area contributed by atoms with Crippen molar-refractivity contribution in [2.45, 2.75) is 0 Å². The zero-order valence-corrected chi connectivity index (χ0v) is 13.9. The van der Waals surface area contributed by atoms with E-state index >= 15 is 0 Å². The molecule has 0 amide bonds. The lowest BCUT2D eigenvalue weighted by molar-refractivity contribution is 0.0512. The molecule has 7 heteroatoms. The van der Waals surface area contributed by atoms with E-state index in [0.717, 1.165) is 4.47 Å². The predicted octanol–water partition coefficient (Wildman–Crippen LogP) is 3.59. The minimum Gasteiger partial charge on any atom is -0.496 e. The summed E-state index contributed by atoms with van der Waals surface area (Å²) in [6.45, 7) is 0. The molecule has 0 saturated carbocycles. The molecule has 22 heavy (non-hydrogen) atoms. The van der Waals surface area contributed by atoms with Gasteiger partial charge in [0, 0.05) is 15.1 Å². The number of amidine groups is 1. The van der Waals surface area contributed by atoms with Crippen molar-refractivity contribution < 1.29 is 14.4 Å². The first-order valence-electron chi connectivity index (χ1n) is 6.15. The topological polar surface area (TPSA) is 73.9 Å². The summed E-state index contributed by atoms with van der Waals surface area (Å²) in [5.74, 6) is -0.293. The predicted molar refractivity (Wildman–Crippen MR) is 88.3 cm³/mol. The lowest BCUT2D eigenvalue weighted by Gasteiger charge is -2.06. The highest BCUT2D eigenvalue weighted by Crippen LogP contribution is 2.23. The zero-order valence-electron chi connectivity index (χ0n) is 11.5. The highest BCUT2D eigenvalue weighted by molar-refractivity contribution is 9.10. The highest BCUT2D eigenvalue weighted by atomic mass is 79.9. The summed E-state index contributed by atoms with van der Waals surface area (Å²) in [5, 5.41) is 4.03. The quantitative estimate of drug-likeness (QED) is 0.379. The first-order valence-corrected chi connectivity index (χ1v) is 7.32. The Labute approximate surface area is 140 Å². The summed E-state index contributed by atoms with van der Waals surface area (Å²) in [6.07, 6.45) is 0. The van der Waals surface area contributed by atoms with E-state index in [9.17, 15) is 4.79 Å². The SMILES string of the molecule is COc1ccc(Cl)cc1C(=O)O/N=C(\N)c1cccc(Br)c1. The average molecular weight is 384 g/mol. The van der Waals surface area contributed by atoms with Crippen molar-refractivity contribution in [3.8, 4) is 5.75 Å². The van der Waals surface area contributed by atoms with E-state index in [-0.39, 0.29) is 11.4 Å². The molecule has 114 valence electrons. The molecule has 0 aliphatic carbocycles. The van der Waals surface area contributed by atoms with Gasteiger partial charge in [-0.3, -0.25) is 0 Å². The Balaban J connectivity index is 2.19. The van der Waals surface area contributed by atoms with Gasteiger partial charge in [0.25, 0.3) is 0 Å². The molecular formula is C15H12BrClN2O3. The van der Waals surface area contributed by atoms with E-state index in [4.69, 9.17) is 26.9 Å². The molecule has 2 aromatic carbocycles. The fourth-order valence-electron chi connectivity index (χ4n) is 1.68. The Morgan fingerprint density at radius 2 is 2.05 bits per heavy atom.